The number of hydrogen-bond acceptors (Lipinski definition) is 2. The van der Waals surface area contributed by atoms with Crippen molar-refractivity contribution in [2.45, 2.75) is 6.54 Å². The van der Waals surface area contributed by atoms with Gasteiger partial charge >= 0.3 is 5.78 Å². The number of ether oxygens (including phenoxy) is 1. The highest BCUT2D eigenvalue weighted by molar-refractivity contribution is 5.77. The summed E-state index contributed by atoms with van der Waals surface area (Å²) in [5.74, 6) is 1.13. The fourth-order valence-corrected chi connectivity index (χ4v) is 4.71. The van der Waals surface area contributed by atoms with Crippen LogP contribution in [0.2, 0.25) is 0 Å². The van der Waals surface area contributed by atoms with Crippen molar-refractivity contribution in [1.82, 2.24) is 14.3 Å². The Labute approximate surface area is 187 Å². The van der Waals surface area contributed by atoms with Gasteiger partial charge in [-0.15, -0.1) is 0 Å². The molecule has 1 fully saturated rings. The van der Waals surface area contributed by atoms with Crippen LogP contribution >= 0.6 is 0 Å². The van der Waals surface area contributed by atoms with Crippen LogP contribution in [0.5, 0.6) is 0 Å². The minimum atomic E-state index is 0.836. The highest BCUT2D eigenvalue weighted by Crippen LogP contribution is 2.26. The van der Waals surface area contributed by atoms with Gasteiger partial charge in [-0.1, -0.05) is 66.7 Å². The lowest BCUT2D eigenvalue weighted by Gasteiger charge is -2.25. The summed E-state index contributed by atoms with van der Waals surface area (Å²) in [6.07, 6.45) is 2.22. The number of aromatic amines is 1. The fraction of sp³-hybridized carbons (Fsp3) is 0.222. The van der Waals surface area contributed by atoms with Gasteiger partial charge in [-0.2, -0.15) is 4.40 Å². The summed E-state index contributed by atoms with van der Waals surface area (Å²) in [6, 6.07) is 28.0. The third kappa shape index (κ3) is 3.49. The van der Waals surface area contributed by atoms with E-state index in [-0.39, 0.29) is 0 Å². The zero-order valence-electron chi connectivity index (χ0n) is 18.1. The molecule has 1 aliphatic heterocycles. The molecule has 0 bridgehead atoms. The number of H-pyrrole nitrogens is 1. The number of fused-ring (bicyclic) bond motifs is 3. The average molecular weight is 424 g/mol. The zero-order chi connectivity index (χ0) is 21.3. The van der Waals surface area contributed by atoms with Gasteiger partial charge in [-0.25, -0.2) is 9.55 Å². The highest BCUT2D eigenvalue weighted by atomic mass is 16.5. The summed E-state index contributed by atoms with van der Waals surface area (Å²) in [4.78, 5) is 6.19. The summed E-state index contributed by atoms with van der Waals surface area (Å²) >= 11 is 0. The van der Waals surface area contributed by atoms with E-state index in [1.54, 1.807) is 0 Å². The van der Waals surface area contributed by atoms with Crippen molar-refractivity contribution in [3.8, 4) is 22.4 Å². The second-order valence-corrected chi connectivity index (χ2v) is 8.40. The highest BCUT2D eigenvalue weighted by Gasteiger charge is 2.22. The van der Waals surface area contributed by atoms with E-state index in [0.717, 1.165) is 50.9 Å². The molecule has 32 heavy (non-hydrogen) atoms. The molecule has 1 saturated heterocycles. The number of rotatable bonds is 5. The average Bonchev–Trinajstić information content (AvgIpc) is 3.42. The smallest absolute Gasteiger partial charge is 0.368 e. The van der Waals surface area contributed by atoms with Crippen molar-refractivity contribution in [3.63, 3.8) is 0 Å². The number of benzene rings is 3. The first-order valence-electron chi connectivity index (χ1n) is 11.3. The molecule has 5 aromatic rings. The zero-order valence-corrected chi connectivity index (χ0v) is 18.1. The number of para-hydroxylation sites is 2. The van der Waals surface area contributed by atoms with Crippen LogP contribution in [0, 0.1) is 0 Å². The van der Waals surface area contributed by atoms with Crippen molar-refractivity contribution in [2.24, 2.45) is 0 Å². The van der Waals surface area contributed by atoms with E-state index in [1.807, 2.05) is 0 Å². The summed E-state index contributed by atoms with van der Waals surface area (Å²) in [5.41, 5.74) is 7.29. The molecule has 160 valence electrons. The lowest BCUT2D eigenvalue weighted by atomic mass is 10.0. The number of nitrogens with one attached hydrogen (secondary N) is 1. The van der Waals surface area contributed by atoms with Crippen LogP contribution in [0.1, 0.15) is 0 Å². The Balaban J connectivity index is 1.35. The van der Waals surface area contributed by atoms with Crippen molar-refractivity contribution in [3.05, 3.63) is 85.1 Å². The Hall–Kier alpha value is -3.41. The number of imidazole rings is 2. The molecule has 0 spiro atoms. The van der Waals surface area contributed by atoms with Gasteiger partial charge in [0.1, 0.15) is 22.9 Å². The first kappa shape index (κ1) is 19.3. The van der Waals surface area contributed by atoms with Crippen LogP contribution in [0.25, 0.3) is 39.2 Å². The number of aromatic nitrogens is 3. The second-order valence-electron chi connectivity index (χ2n) is 8.40. The predicted molar refractivity (Wildman–Crippen MR) is 128 cm³/mol. The van der Waals surface area contributed by atoms with Gasteiger partial charge in [0.25, 0.3) is 0 Å². The van der Waals surface area contributed by atoms with E-state index in [4.69, 9.17) is 4.74 Å². The normalized spacial score (nSPS) is 15.0. The number of morpholine rings is 1. The van der Waals surface area contributed by atoms with E-state index in [9.17, 15) is 0 Å². The molecule has 0 atom stereocenters. The molecule has 0 aliphatic carbocycles. The summed E-state index contributed by atoms with van der Waals surface area (Å²) in [6.45, 7) is 5.67. The molecule has 2 aromatic heterocycles. The molecular formula is C27H27N4O+. The monoisotopic (exact) mass is 423 g/mol. The summed E-state index contributed by atoms with van der Waals surface area (Å²) in [7, 11) is 0. The molecule has 0 amide bonds. The molecule has 0 saturated carbocycles. The fourth-order valence-electron chi connectivity index (χ4n) is 4.71. The van der Waals surface area contributed by atoms with Crippen molar-refractivity contribution in [1.29, 1.82) is 0 Å². The molecular weight excluding hydrogens is 396 g/mol. The van der Waals surface area contributed by atoms with Crippen LogP contribution in [0.15, 0.2) is 85.1 Å². The maximum atomic E-state index is 5.51. The van der Waals surface area contributed by atoms with Crippen LogP contribution in [-0.4, -0.2) is 47.1 Å². The molecule has 3 heterocycles. The van der Waals surface area contributed by atoms with E-state index in [0.29, 0.717) is 0 Å². The number of nitrogens with zero attached hydrogens (tertiary/aromatic N) is 3. The molecule has 1 N–H and O–H groups in total. The van der Waals surface area contributed by atoms with Crippen molar-refractivity contribution < 1.29 is 9.30 Å². The van der Waals surface area contributed by atoms with E-state index < -0.39 is 0 Å². The Morgan fingerprint density at radius 3 is 2.28 bits per heavy atom. The standard InChI is InChI=1S/C27H26N4O/c1-2-6-21(7-3-1)22-10-12-23(13-11-22)24-20-31-26-9-5-4-8-25(26)30(27(31)28-24)15-14-29-16-18-32-19-17-29/h1-13,20H,14-19H2/p+1. The summed E-state index contributed by atoms with van der Waals surface area (Å²) in [5, 5.41) is 0. The molecule has 5 nitrogen and oxygen atoms in total. The van der Waals surface area contributed by atoms with Gasteiger partial charge in [0.05, 0.1) is 19.8 Å². The van der Waals surface area contributed by atoms with Gasteiger partial charge in [0.15, 0.2) is 0 Å². The molecule has 5 heteroatoms. The molecule has 3 aromatic carbocycles. The lowest BCUT2D eigenvalue weighted by molar-refractivity contribution is -0.647. The minimum Gasteiger partial charge on any atom is -0.379 e. The Bertz CT molecular complexity index is 1350. The Kier molecular flexibility index (Phi) is 4.98. The van der Waals surface area contributed by atoms with Gasteiger partial charge < -0.3 is 4.74 Å². The quantitative estimate of drug-likeness (QED) is 0.426. The third-order valence-corrected chi connectivity index (χ3v) is 6.47. The van der Waals surface area contributed by atoms with Crippen LogP contribution in [0.4, 0.5) is 0 Å². The van der Waals surface area contributed by atoms with E-state index in [2.05, 4.69) is 104 Å². The van der Waals surface area contributed by atoms with Crippen molar-refractivity contribution in [2.75, 3.05) is 32.8 Å². The minimum absolute atomic E-state index is 0.836. The van der Waals surface area contributed by atoms with Crippen LogP contribution in [-0.2, 0) is 11.3 Å². The topological polar surface area (TPSA) is 36.5 Å². The largest absolute Gasteiger partial charge is 0.379 e. The molecule has 0 unspecified atom stereocenters. The first-order chi connectivity index (χ1) is 15.9. The first-order valence-corrected chi connectivity index (χ1v) is 11.3. The predicted octanol–water partition coefficient (Wildman–Crippen LogP) is 4.37. The molecule has 1 aliphatic rings. The van der Waals surface area contributed by atoms with Crippen molar-refractivity contribution >= 4 is 16.8 Å². The van der Waals surface area contributed by atoms with Gasteiger partial charge in [0, 0.05) is 25.2 Å². The maximum absolute atomic E-state index is 5.51. The van der Waals surface area contributed by atoms with E-state index >= 15 is 0 Å². The lowest BCUT2D eigenvalue weighted by Crippen LogP contribution is -2.44. The van der Waals surface area contributed by atoms with Gasteiger partial charge in [0.2, 0.25) is 0 Å². The van der Waals surface area contributed by atoms with Gasteiger partial charge in [-0.05, 0) is 23.3 Å². The van der Waals surface area contributed by atoms with Crippen LogP contribution in [0.3, 0.4) is 0 Å². The second kappa shape index (κ2) is 8.26. The molecule has 6 rings (SSSR count). The third-order valence-electron chi connectivity index (χ3n) is 6.47. The number of hydrogen-bond donors (Lipinski definition) is 1. The van der Waals surface area contributed by atoms with E-state index in [1.165, 1.54) is 27.7 Å². The van der Waals surface area contributed by atoms with Crippen LogP contribution < -0.4 is 4.57 Å². The SMILES string of the molecule is c1ccc(-c2ccc(-c3cn4c5ccccc5[n+](CCN5CCOCC5)c4[nH]3)cc2)cc1. The Morgan fingerprint density at radius 2 is 1.47 bits per heavy atom. The Morgan fingerprint density at radius 1 is 0.781 bits per heavy atom. The molecule has 0 radical (unpaired) electrons. The maximum Gasteiger partial charge on any atom is 0.368 e. The summed E-state index contributed by atoms with van der Waals surface area (Å²) < 4.78 is 10.2. The van der Waals surface area contributed by atoms with Gasteiger partial charge in [-0.3, -0.25) is 4.90 Å².